The van der Waals surface area contributed by atoms with Gasteiger partial charge in [0.1, 0.15) is 0 Å². The van der Waals surface area contributed by atoms with E-state index in [1.807, 2.05) is 0 Å². The molecule has 1 aliphatic heterocycles. The van der Waals surface area contributed by atoms with Gasteiger partial charge < -0.3 is 5.73 Å². The van der Waals surface area contributed by atoms with Crippen molar-refractivity contribution < 1.29 is 9.59 Å². The number of nitrogens with two attached hydrogens (primary N) is 1. The minimum atomic E-state index is -0.239. The molecule has 0 saturated heterocycles. The fourth-order valence-electron chi connectivity index (χ4n) is 2.79. The molecule has 1 heterocycles. The molecule has 18 heavy (non-hydrogen) atoms. The van der Waals surface area contributed by atoms with Gasteiger partial charge in [-0.05, 0) is 37.5 Å². The van der Waals surface area contributed by atoms with Crippen molar-refractivity contribution >= 4 is 23.4 Å². The van der Waals surface area contributed by atoms with Crippen molar-refractivity contribution in [3.05, 3.63) is 34.3 Å². The van der Waals surface area contributed by atoms with Gasteiger partial charge in [-0.1, -0.05) is 11.6 Å². The van der Waals surface area contributed by atoms with Crippen LogP contribution in [0, 0.1) is 0 Å². The zero-order chi connectivity index (χ0) is 12.9. The summed E-state index contributed by atoms with van der Waals surface area (Å²) in [6.07, 6.45) is 2.35. The summed E-state index contributed by atoms with van der Waals surface area (Å²) < 4.78 is 0. The number of carbonyl (C=O) groups is 2. The number of hydrogen-bond acceptors (Lipinski definition) is 3. The van der Waals surface area contributed by atoms with Crippen LogP contribution in [-0.4, -0.2) is 28.8 Å². The number of amides is 2. The Morgan fingerprint density at radius 2 is 1.89 bits per heavy atom. The van der Waals surface area contributed by atoms with Gasteiger partial charge in [-0.25, -0.2) is 0 Å². The van der Waals surface area contributed by atoms with Gasteiger partial charge in [0.15, 0.2) is 0 Å². The highest BCUT2D eigenvalue weighted by Crippen LogP contribution is 2.32. The van der Waals surface area contributed by atoms with Crippen molar-refractivity contribution in [2.45, 2.75) is 31.3 Å². The SMILES string of the molecule is N[C@H]1CC[C@H](N2C(=O)c3ccc(Cl)cc3C2=O)C1. The van der Waals surface area contributed by atoms with E-state index in [-0.39, 0.29) is 23.9 Å². The maximum absolute atomic E-state index is 12.3. The number of carbonyl (C=O) groups excluding carboxylic acids is 2. The van der Waals surface area contributed by atoms with Crippen molar-refractivity contribution in [2.75, 3.05) is 0 Å². The number of nitrogens with zero attached hydrogens (tertiary/aromatic N) is 1. The monoisotopic (exact) mass is 264 g/mol. The highest BCUT2D eigenvalue weighted by molar-refractivity contribution is 6.32. The molecule has 4 nitrogen and oxygen atoms in total. The van der Waals surface area contributed by atoms with E-state index >= 15 is 0 Å². The second-order valence-electron chi connectivity index (χ2n) is 4.90. The van der Waals surface area contributed by atoms with Gasteiger partial charge in [0.25, 0.3) is 11.8 Å². The molecule has 1 fully saturated rings. The number of hydrogen-bond donors (Lipinski definition) is 1. The van der Waals surface area contributed by atoms with E-state index in [9.17, 15) is 9.59 Å². The van der Waals surface area contributed by atoms with Crippen LogP contribution >= 0.6 is 11.6 Å². The van der Waals surface area contributed by atoms with E-state index in [1.54, 1.807) is 18.2 Å². The Kier molecular flexibility index (Phi) is 2.64. The van der Waals surface area contributed by atoms with E-state index in [2.05, 4.69) is 0 Å². The zero-order valence-corrected chi connectivity index (χ0v) is 10.5. The molecule has 2 atom stereocenters. The van der Waals surface area contributed by atoms with Crippen LogP contribution in [0.25, 0.3) is 0 Å². The van der Waals surface area contributed by atoms with Crippen molar-refractivity contribution in [1.29, 1.82) is 0 Å². The molecule has 0 radical (unpaired) electrons. The predicted molar refractivity (Wildman–Crippen MR) is 67.6 cm³/mol. The molecule has 5 heteroatoms. The van der Waals surface area contributed by atoms with Crippen LogP contribution in [0.5, 0.6) is 0 Å². The van der Waals surface area contributed by atoms with Crippen LogP contribution in [0.2, 0.25) is 5.02 Å². The summed E-state index contributed by atoms with van der Waals surface area (Å²) in [7, 11) is 0. The Labute approximate surface area is 110 Å². The molecule has 2 N–H and O–H groups in total. The van der Waals surface area contributed by atoms with Crippen LogP contribution < -0.4 is 5.73 Å². The van der Waals surface area contributed by atoms with Crippen molar-refractivity contribution in [3.8, 4) is 0 Å². The van der Waals surface area contributed by atoms with E-state index in [0.717, 1.165) is 12.8 Å². The van der Waals surface area contributed by atoms with Gasteiger partial charge in [-0.2, -0.15) is 0 Å². The molecule has 2 amide bonds. The summed E-state index contributed by atoms with van der Waals surface area (Å²) in [6.45, 7) is 0. The summed E-state index contributed by atoms with van der Waals surface area (Å²) >= 11 is 5.86. The number of benzene rings is 1. The van der Waals surface area contributed by atoms with Crippen LogP contribution in [0.1, 0.15) is 40.0 Å². The van der Waals surface area contributed by atoms with Crippen LogP contribution in [0.3, 0.4) is 0 Å². The Balaban J connectivity index is 1.97. The lowest BCUT2D eigenvalue weighted by Gasteiger charge is -2.21. The fraction of sp³-hybridized carbons (Fsp3) is 0.385. The van der Waals surface area contributed by atoms with Crippen LogP contribution in [0.4, 0.5) is 0 Å². The summed E-state index contributed by atoms with van der Waals surface area (Å²) in [5, 5.41) is 0.472. The van der Waals surface area contributed by atoms with E-state index in [4.69, 9.17) is 17.3 Å². The Hall–Kier alpha value is -1.39. The number of fused-ring (bicyclic) bond motifs is 1. The third-order valence-corrected chi connectivity index (χ3v) is 3.93. The Morgan fingerprint density at radius 3 is 2.56 bits per heavy atom. The number of imide groups is 1. The van der Waals surface area contributed by atoms with Gasteiger partial charge in [0.2, 0.25) is 0 Å². The molecule has 1 aliphatic carbocycles. The standard InChI is InChI=1S/C13H13ClN2O2/c14-7-1-4-10-11(5-7)13(18)16(12(10)17)9-3-2-8(15)6-9/h1,4-5,8-9H,2-3,6,15H2/t8-,9-/m0/s1. The molecule has 2 aliphatic rings. The van der Waals surface area contributed by atoms with Gasteiger partial charge in [-0.15, -0.1) is 0 Å². The van der Waals surface area contributed by atoms with Gasteiger partial charge >= 0.3 is 0 Å². The van der Waals surface area contributed by atoms with Crippen LogP contribution in [0.15, 0.2) is 18.2 Å². The quantitative estimate of drug-likeness (QED) is 0.787. The topological polar surface area (TPSA) is 63.4 Å². The first-order chi connectivity index (χ1) is 8.58. The summed E-state index contributed by atoms with van der Waals surface area (Å²) in [5.41, 5.74) is 6.70. The van der Waals surface area contributed by atoms with E-state index in [1.165, 1.54) is 4.90 Å². The minimum absolute atomic E-state index is 0.0637. The highest BCUT2D eigenvalue weighted by atomic mass is 35.5. The lowest BCUT2D eigenvalue weighted by molar-refractivity contribution is 0.0587. The second-order valence-corrected chi connectivity index (χ2v) is 5.33. The molecule has 1 aromatic rings. The zero-order valence-electron chi connectivity index (χ0n) is 9.73. The summed E-state index contributed by atoms with van der Waals surface area (Å²) in [4.78, 5) is 25.8. The van der Waals surface area contributed by atoms with Crippen molar-refractivity contribution in [3.63, 3.8) is 0 Å². The first kappa shape index (κ1) is 11.7. The smallest absolute Gasteiger partial charge is 0.261 e. The molecule has 0 spiro atoms. The molecule has 0 aromatic heterocycles. The van der Waals surface area contributed by atoms with E-state index in [0.29, 0.717) is 22.6 Å². The largest absolute Gasteiger partial charge is 0.328 e. The Morgan fingerprint density at radius 1 is 1.17 bits per heavy atom. The molecule has 1 saturated carbocycles. The van der Waals surface area contributed by atoms with Crippen molar-refractivity contribution in [2.24, 2.45) is 5.73 Å². The maximum Gasteiger partial charge on any atom is 0.261 e. The van der Waals surface area contributed by atoms with Gasteiger partial charge in [0.05, 0.1) is 11.1 Å². The third-order valence-electron chi connectivity index (χ3n) is 3.69. The predicted octanol–water partition coefficient (Wildman–Crippen LogP) is 1.82. The average Bonchev–Trinajstić information content (AvgIpc) is 2.84. The maximum atomic E-state index is 12.3. The summed E-state index contributed by atoms with van der Waals surface area (Å²) in [6, 6.07) is 4.84. The van der Waals surface area contributed by atoms with Gasteiger partial charge in [-0.3, -0.25) is 14.5 Å². The second kappa shape index (κ2) is 4.07. The number of rotatable bonds is 1. The first-order valence-electron chi connectivity index (χ1n) is 6.01. The molecule has 0 bridgehead atoms. The van der Waals surface area contributed by atoms with E-state index < -0.39 is 0 Å². The molecule has 94 valence electrons. The molecular formula is C13H13ClN2O2. The molecule has 3 rings (SSSR count). The summed E-state index contributed by atoms with van der Waals surface area (Å²) in [5.74, 6) is -0.456. The molecule has 1 aromatic carbocycles. The fourth-order valence-corrected chi connectivity index (χ4v) is 2.96. The lowest BCUT2D eigenvalue weighted by atomic mass is 10.1. The van der Waals surface area contributed by atoms with Crippen molar-refractivity contribution in [1.82, 2.24) is 4.90 Å². The normalized spacial score (nSPS) is 26.9. The Bertz CT molecular complexity index is 544. The average molecular weight is 265 g/mol. The number of halogens is 1. The minimum Gasteiger partial charge on any atom is -0.328 e. The highest BCUT2D eigenvalue weighted by Gasteiger charge is 2.42. The molecular weight excluding hydrogens is 252 g/mol. The first-order valence-corrected chi connectivity index (χ1v) is 6.38. The van der Waals surface area contributed by atoms with Crippen LogP contribution in [-0.2, 0) is 0 Å². The van der Waals surface area contributed by atoms with Gasteiger partial charge in [0, 0.05) is 17.1 Å². The lowest BCUT2D eigenvalue weighted by Crippen LogP contribution is -2.39. The molecule has 0 unspecified atom stereocenters. The third kappa shape index (κ3) is 1.64.